The molecule has 4 nitrogen and oxygen atoms in total. The number of amides is 1. The highest BCUT2D eigenvalue weighted by Gasteiger charge is 2.62. The fourth-order valence-electron chi connectivity index (χ4n) is 5.11. The van der Waals surface area contributed by atoms with Gasteiger partial charge in [0.05, 0.1) is 18.2 Å². The Morgan fingerprint density at radius 3 is 2.31 bits per heavy atom. The Balaban J connectivity index is 2.06. The molecule has 5 heteroatoms. The average molecular weight is 374 g/mol. The van der Waals surface area contributed by atoms with E-state index in [0.29, 0.717) is 19.5 Å². The third-order valence-electron chi connectivity index (χ3n) is 6.51. The number of quaternary nitrogens is 1. The molecule has 1 aromatic carbocycles. The summed E-state index contributed by atoms with van der Waals surface area (Å²) < 4.78 is -0.130. The van der Waals surface area contributed by atoms with Crippen LogP contribution >= 0.6 is 0 Å². The van der Waals surface area contributed by atoms with E-state index in [0.717, 1.165) is 44.1 Å². The number of ketones is 1. The second kappa shape index (κ2) is 7.57. The van der Waals surface area contributed by atoms with Crippen LogP contribution in [0.25, 0.3) is 0 Å². The number of likely N-dealkylation sites (tertiary alicyclic amines) is 1. The zero-order valence-corrected chi connectivity index (χ0v) is 16.2. The van der Waals surface area contributed by atoms with Gasteiger partial charge in [-0.3, -0.25) is 4.79 Å². The topological polar surface area (TPSA) is 51.2 Å². The van der Waals surface area contributed by atoms with Crippen molar-refractivity contribution < 1.29 is 18.9 Å². The maximum atomic E-state index is 13.5. The quantitative estimate of drug-likeness (QED) is 0.452. The Morgan fingerprint density at radius 2 is 1.73 bits per heavy atom. The smallest absolute Gasteiger partial charge is 0.383 e. The Morgan fingerprint density at radius 1 is 1.08 bits per heavy atom. The highest BCUT2D eigenvalue weighted by Crippen LogP contribution is 2.47. The van der Waals surface area contributed by atoms with E-state index in [1.165, 1.54) is 0 Å². The lowest BCUT2D eigenvalue weighted by Gasteiger charge is -2.47. The molecule has 1 aliphatic carbocycles. The Bertz CT molecular complexity index is 698. The summed E-state index contributed by atoms with van der Waals surface area (Å²) in [6.07, 6.45) is 5.94. The third kappa shape index (κ3) is 2.81. The molecule has 0 radical (unpaired) electrons. The molecular weight excluding hydrogens is 346 g/mol. The third-order valence-corrected chi connectivity index (χ3v) is 6.85. The van der Waals surface area contributed by atoms with E-state index in [2.05, 4.69) is 0 Å². The average Bonchev–Trinajstić information content (AvgIpc) is 3.10. The van der Waals surface area contributed by atoms with Gasteiger partial charge in [0.25, 0.3) is 5.78 Å². The van der Waals surface area contributed by atoms with E-state index in [1.807, 2.05) is 37.3 Å². The summed E-state index contributed by atoms with van der Waals surface area (Å²) in [5.41, 5.74) is -0.337. The minimum absolute atomic E-state index is 0.130. The number of carbonyl (C=O) groups is 3. The van der Waals surface area contributed by atoms with Crippen molar-refractivity contribution in [1.29, 1.82) is 0 Å². The van der Waals surface area contributed by atoms with Crippen molar-refractivity contribution in [2.24, 2.45) is 5.92 Å². The summed E-state index contributed by atoms with van der Waals surface area (Å²) in [4.78, 5) is 39.4. The maximum Gasteiger partial charge on any atom is 0.383 e. The van der Waals surface area contributed by atoms with Gasteiger partial charge in [-0.05, 0) is 19.8 Å². The fourth-order valence-corrected chi connectivity index (χ4v) is 5.50. The van der Waals surface area contributed by atoms with Crippen LogP contribution in [0.5, 0.6) is 0 Å². The van der Waals surface area contributed by atoms with Crippen molar-refractivity contribution in [3.63, 3.8) is 0 Å². The van der Waals surface area contributed by atoms with Gasteiger partial charge in [0, 0.05) is 24.3 Å². The minimum Gasteiger partial charge on any atom is -0.735 e. The molecule has 140 valence electrons. The molecular formula is C21H27NO3S. The van der Waals surface area contributed by atoms with E-state index < -0.39 is 16.6 Å². The normalized spacial score (nSPS) is 29.4. The number of hydrogen-bond donors (Lipinski definition) is 0. The molecule has 2 atom stereocenters. The molecule has 1 saturated carbocycles. The molecule has 0 aromatic heterocycles. The van der Waals surface area contributed by atoms with Gasteiger partial charge >= 0.3 is 5.91 Å². The molecule has 26 heavy (non-hydrogen) atoms. The molecule has 1 amide bonds. The number of carbonyl (C=O) groups excluding carboxylic acids is 3. The van der Waals surface area contributed by atoms with Crippen LogP contribution in [-0.2, 0) is 32.6 Å². The van der Waals surface area contributed by atoms with E-state index in [-0.39, 0.29) is 16.2 Å². The van der Waals surface area contributed by atoms with Gasteiger partial charge in [0.15, 0.2) is 5.54 Å². The van der Waals surface area contributed by atoms with Crippen LogP contribution in [-0.4, -0.2) is 34.4 Å². The standard InChI is InChI=1S/C21H27NO3S/c1-2-22(19(24)18(23)16-10-5-3-6-11-16)15-9-14-21(22,20(25)26)17-12-7-4-8-13-17/h4,7-8,12-13,16H,2-3,5-6,9-11,14-15H2,1H3. The highest BCUT2D eigenvalue weighted by atomic mass is 32.1. The second-order valence-electron chi connectivity index (χ2n) is 7.63. The summed E-state index contributed by atoms with van der Waals surface area (Å²) in [6.45, 7) is 2.81. The largest absolute Gasteiger partial charge is 0.735 e. The number of nitrogens with zero attached hydrogens (tertiary/aromatic N) is 1. The molecule has 2 fully saturated rings. The van der Waals surface area contributed by atoms with Crippen molar-refractivity contribution in [3.05, 3.63) is 35.9 Å². The molecule has 0 bridgehead atoms. The summed E-state index contributed by atoms with van der Waals surface area (Å²) in [6, 6.07) is 9.36. The molecule has 2 aliphatic rings. The van der Waals surface area contributed by atoms with E-state index in [1.54, 1.807) is 0 Å². The zero-order chi connectivity index (χ0) is 18.8. The SMILES string of the molecule is CC[N+]1(C(=O)C(=O)C2CCCCC2)CCCC1(C(=O)[S-])c1ccccc1. The van der Waals surface area contributed by atoms with Crippen LogP contribution in [0.2, 0.25) is 0 Å². The Hall–Kier alpha value is -1.59. The van der Waals surface area contributed by atoms with Gasteiger partial charge in [0.1, 0.15) is 0 Å². The van der Waals surface area contributed by atoms with Crippen molar-refractivity contribution >= 4 is 29.4 Å². The monoisotopic (exact) mass is 373 g/mol. The molecule has 1 heterocycles. The van der Waals surface area contributed by atoms with Crippen LogP contribution in [0, 0.1) is 5.92 Å². The fraction of sp³-hybridized carbons (Fsp3) is 0.571. The van der Waals surface area contributed by atoms with Gasteiger partial charge in [-0.15, -0.1) is 0 Å². The van der Waals surface area contributed by atoms with Crippen molar-refractivity contribution in [2.45, 2.75) is 57.4 Å². The number of Topliss-reactive ketones (excluding diaryl/α,β-unsaturated/α-hetero) is 1. The van der Waals surface area contributed by atoms with E-state index in [4.69, 9.17) is 12.6 Å². The predicted octanol–water partition coefficient (Wildman–Crippen LogP) is 3.26. The van der Waals surface area contributed by atoms with Crippen LogP contribution in [0.4, 0.5) is 0 Å². The van der Waals surface area contributed by atoms with Crippen molar-refractivity contribution in [3.8, 4) is 0 Å². The molecule has 0 N–H and O–H groups in total. The molecule has 1 aliphatic heterocycles. The van der Waals surface area contributed by atoms with Crippen LogP contribution in [0.1, 0.15) is 57.4 Å². The summed E-state index contributed by atoms with van der Waals surface area (Å²) >= 11 is 5.19. The van der Waals surface area contributed by atoms with Gasteiger partial charge in [-0.2, -0.15) is 0 Å². The Kier molecular flexibility index (Phi) is 5.58. The molecule has 1 aromatic rings. The van der Waals surface area contributed by atoms with Gasteiger partial charge in [0.2, 0.25) is 0 Å². The maximum absolute atomic E-state index is 13.5. The summed E-state index contributed by atoms with van der Waals surface area (Å²) in [5, 5.41) is -0.423. The zero-order valence-electron chi connectivity index (χ0n) is 15.4. The first-order valence-corrected chi connectivity index (χ1v) is 10.1. The predicted molar refractivity (Wildman–Crippen MR) is 102 cm³/mol. The number of rotatable bonds is 5. The van der Waals surface area contributed by atoms with Crippen LogP contribution in [0.3, 0.4) is 0 Å². The summed E-state index contributed by atoms with van der Waals surface area (Å²) in [7, 11) is 0. The number of likely N-dealkylation sites (N-methyl/N-ethyl adjacent to an activating group) is 1. The van der Waals surface area contributed by atoms with Gasteiger partial charge in [-0.1, -0.05) is 49.6 Å². The molecule has 0 spiro atoms. The van der Waals surface area contributed by atoms with Crippen LogP contribution in [0.15, 0.2) is 30.3 Å². The van der Waals surface area contributed by atoms with Crippen molar-refractivity contribution in [1.82, 2.24) is 0 Å². The lowest BCUT2D eigenvalue weighted by molar-refractivity contribution is -0.884. The first kappa shape index (κ1) is 19.2. The molecule has 2 unspecified atom stereocenters. The number of benzene rings is 1. The highest BCUT2D eigenvalue weighted by molar-refractivity contribution is 7.77. The van der Waals surface area contributed by atoms with Gasteiger partial charge < -0.3 is 17.4 Å². The number of hydrogen-bond acceptors (Lipinski definition) is 4. The first-order chi connectivity index (χ1) is 12.5. The lowest BCUT2D eigenvalue weighted by Crippen LogP contribution is -2.67. The summed E-state index contributed by atoms with van der Waals surface area (Å²) in [5.74, 6) is -0.879. The molecule has 1 saturated heterocycles. The molecule has 3 rings (SSSR count). The van der Waals surface area contributed by atoms with E-state index >= 15 is 0 Å². The van der Waals surface area contributed by atoms with Crippen molar-refractivity contribution in [2.75, 3.05) is 13.1 Å². The first-order valence-electron chi connectivity index (χ1n) is 9.72. The Labute approximate surface area is 161 Å². The van der Waals surface area contributed by atoms with E-state index in [9.17, 15) is 14.4 Å². The minimum atomic E-state index is -1.10. The lowest BCUT2D eigenvalue weighted by atomic mass is 9.82. The van der Waals surface area contributed by atoms with Gasteiger partial charge in [-0.25, -0.2) is 9.28 Å². The second-order valence-corrected chi connectivity index (χ2v) is 8.00. The van der Waals surface area contributed by atoms with Crippen LogP contribution < -0.4 is 0 Å².